The molecule has 0 radical (unpaired) electrons. The second-order valence-electron chi connectivity index (χ2n) is 5.32. The van der Waals surface area contributed by atoms with Crippen molar-refractivity contribution in [2.45, 2.75) is 13.0 Å². The molecule has 0 saturated heterocycles. The number of carbonyl (C=O) groups is 1. The first kappa shape index (κ1) is 15.6. The molecular weight excluding hydrogens is 304 g/mol. The minimum absolute atomic E-state index is 0.0829. The Morgan fingerprint density at radius 2 is 2.00 bits per heavy atom. The van der Waals surface area contributed by atoms with E-state index in [2.05, 4.69) is 6.07 Å². The van der Waals surface area contributed by atoms with Gasteiger partial charge in [-0.3, -0.25) is 4.79 Å². The molecule has 3 aromatic rings. The Bertz CT molecular complexity index is 905. The second kappa shape index (κ2) is 6.88. The van der Waals surface area contributed by atoms with Crippen molar-refractivity contribution >= 4 is 11.5 Å². The number of carbonyl (C=O) groups excluding carboxylic acids is 1. The van der Waals surface area contributed by atoms with Gasteiger partial charge in [-0.15, -0.1) is 0 Å². The van der Waals surface area contributed by atoms with Gasteiger partial charge in [0.25, 0.3) is 0 Å². The minimum atomic E-state index is -0.334. The van der Waals surface area contributed by atoms with Gasteiger partial charge >= 0.3 is 5.97 Å². The molecule has 0 atom stereocenters. The van der Waals surface area contributed by atoms with Crippen molar-refractivity contribution in [1.82, 2.24) is 4.40 Å². The van der Waals surface area contributed by atoms with E-state index in [1.807, 2.05) is 47.1 Å². The Morgan fingerprint density at radius 1 is 1.21 bits per heavy atom. The maximum absolute atomic E-state index is 12.0. The van der Waals surface area contributed by atoms with Crippen LogP contribution in [0.2, 0.25) is 0 Å². The van der Waals surface area contributed by atoms with Gasteiger partial charge in [0, 0.05) is 18.0 Å². The van der Waals surface area contributed by atoms with Crippen LogP contribution in [0.3, 0.4) is 0 Å². The number of nitriles is 1. The average molecular weight is 320 g/mol. The van der Waals surface area contributed by atoms with E-state index in [9.17, 15) is 10.1 Å². The first-order chi connectivity index (χ1) is 11.7. The number of benzene rings is 1. The molecule has 0 aliphatic carbocycles. The highest BCUT2D eigenvalue weighted by atomic mass is 16.5. The minimum Gasteiger partial charge on any atom is -0.497 e. The summed E-state index contributed by atoms with van der Waals surface area (Å²) in [5.74, 6) is 0.408. The van der Waals surface area contributed by atoms with Crippen molar-refractivity contribution in [2.24, 2.45) is 0 Å². The standard InChI is InChI=1S/C19H16N2O3/c1-23-16-7-5-14(6-8-16)10-19(22)24-13-15-12-21-9-3-2-4-18(21)17(15)11-20/h2-9,12H,10,13H2,1H3. The number of hydrogen-bond acceptors (Lipinski definition) is 4. The van der Waals surface area contributed by atoms with E-state index in [0.29, 0.717) is 11.1 Å². The molecule has 0 aliphatic rings. The third-order valence-corrected chi connectivity index (χ3v) is 3.77. The third kappa shape index (κ3) is 3.23. The van der Waals surface area contributed by atoms with Gasteiger partial charge in [-0.05, 0) is 29.8 Å². The lowest BCUT2D eigenvalue weighted by atomic mass is 10.1. The molecule has 0 amide bonds. The molecule has 3 rings (SSSR count). The first-order valence-electron chi connectivity index (χ1n) is 7.48. The predicted molar refractivity (Wildman–Crippen MR) is 88.6 cm³/mol. The summed E-state index contributed by atoms with van der Waals surface area (Å²) in [5.41, 5.74) is 2.89. The van der Waals surface area contributed by atoms with E-state index < -0.39 is 0 Å². The Hall–Kier alpha value is -3.26. The van der Waals surface area contributed by atoms with Crippen LogP contribution >= 0.6 is 0 Å². The summed E-state index contributed by atoms with van der Waals surface area (Å²) in [6.07, 6.45) is 3.85. The molecule has 0 aliphatic heterocycles. The largest absolute Gasteiger partial charge is 0.497 e. The molecule has 2 aromatic heterocycles. The molecule has 5 heteroatoms. The zero-order valence-electron chi connectivity index (χ0n) is 13.2. The van der Waals surface area contributed by atoms with Crippen LogP contribution in [0.1, 0.15) is 16.7 Å². The van der Waals surface area contributed by atoms with Crippen LogP contribution < -0.4 is 4.74 Å². The van der Waals surface area contributed by atoms with E-state index in [1.165, 1.54) is 0 Å². The Morgan fingerprint density at radius 3 is 2.71 bits per heavy atom. The number of esters is 1. The topological polar surface area (TPSA) is 63.7 Å². The Labute approximate surface area is 139 Å². The number of hydrogen-bond donors (Lipinski definition) is 0. The first-order valence-corrected chi connectivity index (χ1v) is 7.48. The highest BCUT2D eigenvalue weighted by molar-refractivity contribution is 5.73. The van der Waals surface area contributed by atoms with Gasteiger partial charge in [-0.25, -0.2) is 0 Å². The average Bonchev–Trinajstić information content (AvgIpc) is 2.98. The van der Waals surface area contributed by atoms with Crippen LogP contribution in [-0.2, 0) is 22.6 Å². The number of fused-ring (bicyclic) bond motifs is 1. The summed E-state index contributed by atoms with van der Waals surface area (Å²) in [6, 6.07) is 15.1. The van der Waals surface area contributed by atoms with Gasteiger partial charge in [0.1, 0.15) is 18.4 Å². The molecule has 1 aromatic carbocycles. The highest BCUT2D eigenvalue weighted by Crippen LogP contribution is 2.19. The smallest absolute Gasteiger partial charge is 0.310 e. The lowest BCUT2D eigenvalue weighted by molar-refractivity contribution is -0.144. The molecule has 0 unspecified atom stereocenters. The lowest BCUT2D eigenvalue weighted by Gasteiger charge is -2.05. The SMILES string of the molecule is COc1ccc(CC(=O)OCc2cn3ccccc3c2C#N)cc1. The molecule has 0 spiro atoms. The highest BCUT2D eigenvalue weighted by Gasteiger charge is 2.12. The number of aromatic nitrogens is 1. The summed E-state index contributed by atoms with van der Waals surface area (Å²) in [4.78, 5) is 12.0. The van der Waals surface area contributed by atoms with E-state index >= 15 is 0 Å². The molecule has 24 heavy (non-hydrogen) atoms. The molecule has 0 saturated carbocycles. The number of nitrogens with zero attached hydrogens (tertiary/aromatic N) is 2. The summed E-state index contributed by atoms with van der Waals surface area (Å²) >= 11 is 0. The van der Waals surface area contributed by atoms with Gasteiger partial charge in [-0.1, -0.05) is 18.2 Å². The van der Waals surface area contributed by atoms with Crippen molar-refractivity contribution in [3.05, 3.63) is 71.5 Å². The van der Waals surface area contributed by atoms with E-state index in [1.54, 1.807) is 19.2 Å². The maximum atomic E-state index is 12.0. The van der Waals surface area contributed by atoms with Crippen LogP contribution in [0.25, 0.3) is 5.52 Å². The molecule has 0 fully saturated rings. The summed E-state index contributed by atoms with van der Waals surface area (Å²) < 4.78 is 12.3. The Kier molecular flexibility index (Phi) is 4.48. The number of ether oxygens (including phenoxy) is 2. The van der Waals surface area contributed by atoms with Crippen molar-refractivity contribution < 1.29 is 14.3 Å². The van der Waals surface area contributed by atoms with E-state index in [0.717, 1.165) is 16.8 Å². The summed E-state index contributed by atoms with van der Waals surface area (Å²) in [6.45, 7) is 0.0829. The lowest BCUT2D eigenvalue weighted by Crippen LogP contribution is -2.08. The fourth-order valence-electron chi connectivity index (χ4n) is 2.54. The van der Waals surface area contributed by atoms with Gasteiger partial charge in [0.05, 0.1) is 24.6 Å². The zero-order valence-corrected chi connectivity index (χ0v) is 13.2. The molecule has 120 valence electrons. The van der Waals surface area contributed by atoms with Crippen molar-refractivity contribution in [3.63, 3.8) is 0 Å². The van der Waals surface area contributed by atoms with Gasteiger partial charge < -0.3 is 13.9 Å². The van der Waals surface area contributed by atoms with Gasteiger partial charge in [0.15, 0.2) is 0 Å². The fourth-order valence-corrected chi connectivity index (χ4v) is 2.54. The summed E-state index contributed by atoms with van der Waals surface area (Å²) in [5, 5.41) is 9.34. The van der Waals surface area contributed by atoms with Crippen LogP contribution in [0, 0.1) is 11.3 Å². The third-order valence-electron chi connectivity index (χ3n) is 3.77. The van der Waals surface area contributed by atoms with Crippen LogP contribution in [0.4, 0.5) is 0 Å². The number of rotatable bonds is 5. The van der Waals surface area contributed by atoms with Crippen LogP contribution in [-0.4, -0.2) is 17.5 Å². The molecule has 5 nitrogen and oxygen atoms in total. The monoisotopic (exact) mass is 320 g/mol. The van der Waals surface area contributed by atoms with Gasteiger partial charge in [-0.2, -0.15) is 5.26 Å². The Balaban J connectivity index is 1.67. The van der Waals surface area contributed by atoms with E-state index in [-0.39, 0.29) is 19.0 Å². The number of pyridine rings is 1. The molecule has 0 N–H and O–H groups in total. The maximum Gasteiger partial charge on any atom is 0.310 e. The second-order valence-corrected chi connectivity index (χ2v) is 5.32. The fraction of sp³-hybridized carbons (Fsp3) is 0.158. The summed E-state index contributed by atoms with van der Waals surface area (Å²) in [7, 11) is 1.60. The normalized spacial score (nSPS) is 10.3. The van der Waals surface area contributed by atoms with Gasteiger partial charge in [0.2, 0.25) is 0 Å². The van der Waals surface area contributed by atoms with Crippen molar-refractivity contribution in [3.8, 4) is 11.8 Å². The van der Waals surface area contributed by atoms with Crippen molar-refractivity contribution in [2.75, 3.05) is 7.11 Å². The van der Waals surface area contributed by atoms with E-state index in [4.69, 9.17) is 9.47 Å². The predicted octanol–water partition coefficient (Wildman–Crippen LogP) is 3.11. The molecular formula is C19H16N2O3. The van der Waals surface area contributed by atoms with Crippen molar-refractivity contribution in [1.29, 1.82) is 5.26 Å². The molecule has 0 bridgehead atoms. The quantitative estimate of drug-likeness (QED) is 0.678. The zero-order chi connectivity index (χ0) is 16.9. The number of methoxy groups -OCH3 is 1. The molecule has 2 heterocycles. The van der Waals surface area contributed by atoms with Crippen LogP contribution in [0.15, 0.2) is 54.9 Å². The van der Waals surface area contributed by atoms with Crippen LogP contribution in [0.5, 0.6) is 5.75 Å².